The van der Waals surface area contributed by atoms with Gasteiger partial charge in [-0.2, -0.15) is 0 Å². The van der Waals surface area contributed by atoms with Gasteiger partial charge in [-0.3, -0.25) is 0 Å². The molecule has 1 aliphatic rings. The van der Waals surface area contributed by atoms with Crippen molar-refractivity contribution in [3.8, 4) is 0 Å². The fourth-order valence-electron chi connectivity index (χ4n) is 3.31. The molecular formula is C19H16BrF2N3O. The Morgan fingerprint density at radius 3 is 2.73 bits per heavy atom. The lowest BCUT2D eigenvalue weighted by atomic mass is 9.99. The fourth-order valence-corrected chi connectivity index (χ4v) is 3.69. The van der Waals surface area contributed by atoms with Crippen molar-refractivity contribution in [2.24, 2.45) is 0 Å². The van der Waals surface area contributed by atoms with Crippen molar-refractivity contribution in [2.45, 2.75) is 19.5 Å². The first-order valence-electron chi connectivity index (χ1n) is 8.27. The molecule has 0 saturated heterocycles. The summed E-state index contributed by atoms with van der Waals surface area (Å²) in [5.41, 5.74) is 2.50. The zero-order valence-corrected chi connectivity index (χ0v) is 15.4. The smallest absolute Gasteiger partial charge is 0.318 e. The molecule has 0 unspecified atom stereocenters. The van der Waals surface area contributed by atoms with E-state index in [1.165, 1.54) is 4.90 Å². The van der Waals surface area contributed by atoms with Gasteiger partial charge in [0, 0.05) is 33.2 Å². The molecule has 7 heteroatoms. The zero-order valence-electron chi connectivity index (χ0n) is 13.8. The van der Waals surface area contributed by atoms with E-state index in [0.717, 1.165) is 33.2 Å². The summed E-state index contributed by atoms with van der Waals surface area (Å²) in [5, 5.41) is 3.89. The predicted molar refractivity (Wildman–Crippen MR) is 98.7 cm³/mol. The van der Waals surface area contributed by atoms with Crippen LogP contribution >= 0.6 is 15.9 Å². The summed E-state index contributed by atoms with van der Waals surface area (Å²) >= 11 is 3.43. The molecule has 0 spiro atoms. The Morgan fingerprint density at radius 1 is 1.15 bits per heavy atom. The average molecular weight is 420 g/mol. The standard InChI is InChI=1S/C19H16BrF2N3O/c20-12-1-4-18-11(7-12)8-13(24-18)9-23-19(26)25-6-5-14-15(10-25)17(22)3-2-16(14)21/h1-4,7-8,24H,5-6,9-10H2,(H,23,26). The van der Waals surface area contributed by atoms with Gasteiger partial charge in [-0.1, -0.05) is 15.9 Å². The monoisotopic (exact) mass is 419 g/mol. The third kappa shape index (κ3) is 3.19. The number of hydrogen-bond acceptors (Lipinski definition) is 1. The van der Waals surface area contributed by atoms with Crippen molar-refractivity contribution in [2.75, 3.05) is 6.54 Å². The predicted octanol–water partition coefficient (Wildman–Crippen LogP) is 4.48. The Bertz CT molecular complexity index is 1000. The van der Waals surface area contributed by atoms with E-state index >= 15 is 0 Å². The number of nitrogens with one attached hydrogen (secondary N) is 2. The summed E-state index contributed by atoms with van der Waals surface area (Å²) in [6.07, 6.45) is 0.312. The Balaban J connectivity index is 1.44. The second-order valence-corrected chi connectivity index (χ2v) is 7.26. The highest BCUT2D eigenvalue weighted by atomic mass is 79.9. The van der Waals surface area contributed by atoms with E-state index in [4.69, 9.17) is 0 Å². The number of carbonyl (C=O) groups is 1. The van der Waals surface area contributed by atoms with Gasteiger partial charge in [-0.15, -0.1) is 0 Å². The molecular weight excluding hydrogens is 404 g/mol. The second kappa shape index (κ2) is 6.72. The molecule has 3 aromatic rings. The Hall–Kier alpha value is -2.41. The largest absolute Gasteiger partial charge is 0.357 e. The van der Waals surface area contributed by atoms with Crippen molar-refractivity contribution >= 4 is 32.9 Å². The summed E-state index contributed by atoms with van der Waals surface area (Å²) in [5.74, 6) is -0.884. The molecule has 2 N–H and O–H groups in total. The number of aromatic amines is 1. The molecule has 134 valence electrons. The van der Waals surface area contributed by atoms with Crippen molar-refractivity contribution in [1.82, 2.24) is 15.2 Å². The minimum Gasteiger partial charge on any atom is -0.357 e. The SMILES string of the molecule is O=C(NCc1cc2cc(Br)ccc2[nH]1)N1CCc2c(F)ccc(F)c2C1. The number of amides is 2. The maximum Gasteiger partial charge on any atom is 0.318 e. The van der Waals surface area contributed by atoms with Crippen LogP contribution in [-0.4, -0.2) is 22.5 Å². The van der Waals surface area contributed by atoms with Gasteiger partial charge in [0.25, 0.3) is 0 Å². The van der Waals surface area contributed by atoms with Crippen LogP contribution in [0.5, 0.6) is 0 Å². The average Bonchev–Trinajstić information content (AvgIpc) is 3.04. The highest BCUT2D eigenvalue weighted by Gasteiger charge is 2.25. The van der Waals surface area contributed by atoms with Gasteiger partial charge < -0.3 is 15.2 Å². The number of benzene rings is 2. The Morgan fingerprint density at radius 2 is 1.92 bits per heavy atom. The molecule has 0 bridgehead atoms. The van der Waals surface area contributed by atoms with Gasteiger partial charge in [-0.05, 0) is 48.4 Å². The van der Waals surface area contributed by atoms with Gasteiger partial charge in [0.1, 0.15) is 11.6 Å². The topological polar surface area (TPSA) is 48.1 Å². The summed E-state index contributed by atoms with van der Waals surface area (Å²) < 4.78 is 28.7. The van der Waals surface area contributed by atoms with E-state index < -0.39 is 11.6 Å². The molecule has 4 rings (SSSR count). The third-order valence-corrected chi connectivity index (χ3v) is 5.15. The van der Waals surface area contributed by atoms with E-state index in [2.05, 4.69) is 26.2 Å². The quantitative estimate of drug-likeness (QED) is 0.631. The maximum absolute atomic E-state index is 14.0. The van der Waals surface area contributed by atoms with Crippen LogP contribution in [0.2, 0.25) is 0 Å². The van der Waals surface area contributed by atoms with E-state index in [0.29, 0.717) is 25.1 Å². The van der Waals surface area contributed by atoms with Crippen LogP contribution in [-0.2, 0) is 19.5 Å². The first-order valence-corrected chi connectivity index (χ1v) is 9.06. The molecule has 0 fully saturated rings. The number of nitrogens with zero attached hydrogens (tertiary/aromatic N) is 1. The first-order chi connectivity index (χ1) is 12.5. The molecule has 0 radical (unpaired) electrons. The van der Waals surface area contributed by atoms with Crippen LogP contribution in [0.25, 0.3) is 10.9 Å². The van der Waals surface area contributed by atoms with Crippen LogP contribution in [0.4, 0.5) is 13.6 Å². The lowest BCUT2D eigenvalue weighted by molar-refractivity contribution is 0.190. The fraction of sp³-hybridized carbons (Fsp3) is 0.211. The molecule has 2 heterocycles. The number of carbonyl (C=O) groups excluding carboxylic acids is 1. The van der Waals surface area contributed by atoms with Crippen LogP contribution in [0, 0.1) is 11.6 Å². The summed E-state index contributed by atoms with van der Waals surface area (Å²) in [6.45, 7) is 0.767. The van der Waals surface area contributed by atoms with Crippen molar-refractivity contribution in [3.63, 3.8) is 0 Å². The van der Waals surface area contributed by atoms with Crippen LogP contribution in [0.1, 0.15) is 16.8 Å². The van der Waals surface area contributed by atoms with E-state index in [9.17, 15) is 13.6 Å². The van der Waals surface area contributed by atoms with Gasteiger partial charge >= 0.3 is 6.03 Å². The van der Waals surface area contributed by atoms with E-state index in [1.54, 1.807) is 0 Å². The van der Waals surface area contributed by atoms with Gasteiger partial charge in [-0.25, -0.2) is 13.6 Å². The molecule has 4 nitrogen and oxygen atoms in total. The van der Waals surface area contributed by atoms with Crippen molar-refractivity contribution in [1.29, 1.82) is 0 Å². The molecule has 0 saturated carbocycles. The van der Waals surface area contributed by atoms with Gasteiger partial charge in [0.15, 0.2) is 0 Å². The van der Waals surface area contributed by atoms with Crippen LogP contribution in [0.3, 0.4) is 0 Å². The number of urea groups is 1. The summed E-state index contributed by atoms with van der Waals surface area (Å²) in [7, 11) is 0. The van der Waals surface area contributed by atoms with E-state index in [1.807, 2.05) is 24.3 Å². The number of H-pyrrole nitrogens is 1. The number of hydrogen-bond donors (Lipinski definition) is 2. The minimum absolute atomic E-state index is 0.0738. The highest BCUT2D eigenvalue weighted by molar-refractivity contribution is 9.10. The zero-order chi connectivity index (χ0) is 18.3. The molecule has 0 atom stereocenters. The summed E-state index contributed by atoms with van der Waals surface area (Å²) in [6, 6.07) is 9.83. The number of aromatic nitrogens is 1. The molecule has 2 aromatic carbocycles. The highest BCUT2D eigenvalue weighted by Crippen LogP contribution is 2.25. The Labute approximate surface area is 157 Å². The van der Waals surface area contributed by atoms with E-state index in [-0.39, 0.29) is 18.1 Å². The van der Waals surface area contributed by atoms with Gasteiger partial charge in [0.05, 0.1) is 13.1 Å². The normalized spacial score (nSPS) is 13.7. The van der Waals surface area contributed by atoms with Gasteiger partial charge in [0.2, 0.25) is 0 Å². The maximum atomic E-state index is 14.0. The van der Waals surface area contributed by atoms with Crippen molar-refractivity contribution in [3.05, 3.63) is 69.3 Å². The molecule has 2 amide bonds. The number of halogens is 3. The summed E-state index contributed by atoms with van der Waals surface area (Å²) in [4.78, 5) is 17.2. The second-order valence-electron chi connectivity index (χ2n) is 6.34. The molecule has 26 heavy (non-hydrogen) atoms. The molecule has 1 aromatic heterocycles. The van der Waals surface area contributed by atoms with Crippen LogP contribution in [0.15, 0.2) is 40.9 Å². The number of rotatable bonds is 2. The number of fused-ring (bicyclic) bond motifs is 2. The van der Waals surface area contributed by atoms with Crippen LogP contribution < -0.4 is 5.32 Å². The lowest BCUT2D eigenvalue weighted by Gasteiger charge is -2.29. The lowest BCUT2D eigenvalue weighted by Crippen LogP contribution is -2.43. The molecule has 0 aliphatic carbocycles. The third-order valence-electron chi connectivity index (χ3n) is 4.65. The molecule has 1 aliphatic heterocycles. The van der Waals surface area contributed by atoms with Crippen molar-refractivity contribution < 1.29 is 13.6 Å². The Kier molecular flexibility index (Phi) is 4.40. The first kappa shape index (κ1) is 17.0. The minimum atomic E-state index is -0.472.